The van der Waals surface area contributed by atoms with Gasteiger partial charge in [0.15, 0.2) is 5.16 Å². The third kappa shape index (κ3) is 5.31. The number of nitrogens with zero attached hydrogens (tertiary/aromatic N) is 4. The predicted molar refractivity (Wildman–Crippen MR) is 138 cm³/mol. The minimum atomic E-state index is -0.419. The van der Waals surface area contributed by atoms with Gasteiger partial charge in [-0.1, -0.05) is 42.1 Å². The van der Waals surface area contributed by atoms with Crippen LogP contribution in [0.15, 0.2) is 59.8 Å². The Labute approximate surface area is 209 Å². The molecule has 0 bridgehead atoms. The Morgan fingerprint density at radius 2 is 1.91 bits per heavy atom. The number of para-hydroxylation sites is 3. The summed E-state index contributed by atoms with van der Waals surface area (Å²) in [6.45, 7) is 3.24. The lowest BCUT2D eigenvalue weighted by Crippen LogP contribution is -2.51. The van der Waals surface area contributed by atoms with Crippen LogP contribution < -0.4 is 10.2 Å². The first kappa shape index (κ1) is 23.7. The number of benzene rings is 2. The Bertz CT molecular complexity index is 1180. The number of morpholine rings is 1. The van der Waals surface area contributed by atoms with Crippen LogP contribution in [0, 0.1) is 0 Å². The highest BCUT2D eigenvalue weighted by atomic mass is 32.2. The van der Waals surface area contributed by atoms with Gasteiger partial charge in [-0.15, -0.1) is 0 Å². The number of ether oxygens (including phenoxy) is 1. The van der Waals surface area contributed by atoms with Gasteiger partial charge in [0, 0.05) is 38.9 Å². The summed E-state index contributed by atoms with van der Waals surface area (Å²) < 4.78 is 7.90. The van der Waals surface area contributed by atoms with Gasteiger partial charge in [0.05, 0.1) is 29.5 Å². The highest BCUT2D eigenvalue weighted by Crippen LogP contribution is 2.25. The molecular weight excluding hydrogens is 462 g/mol. The molecular formula is C26H31N5O3S. The Balaban J connectivity index is 1.13. The molecule has 0 radical (unpaired) electrons. The zero-order chi connectivity index (χ0) is 24.2. The normalized spacial score (nSPS) is 20.4. The van der Waals surface area contributed by atoms with Crippen molar-refractivity contribution in [2.24, 2.45) is 7.05 Å². The molecule has 35 heavy (non-hydrogen) atoms. The summed E-state index contributed by atoms with van der Waals surface area (Å²) in [7, 11) is 1.96. The maximum absolute atomic E-state index is 13.0. The molecule has 8 nitrogen and oxygen atoms in total. The third-order valence-corrected chi connectivity index (χ3v) is 7.73. The van der Waals surface area contributed by atoms with E-state index in [1.54, 1.807) is 4.90 Å². The number of imidazole rings is 1. The number of thioether (sulfide) groups is 1. The van der Waals surface area contributed by atoms with Crippen molar-refractivity contribution in [1.82, 2.24) is 19.8 Å². The summed E-state index contributed by atoms with van der Waals surface area (Å²) in [4.78, 5) is 34.7. The number of nitrogens with one attached hydrogen (secondary N) is 1. The number of anilines is 1. The molecule has 2 amide bonds. The fourth-order valence-electron chi connectivity index (χ4n) is 4.85. The number of aromatic nitrogens is 2. The van der Waals surface area contributed by atoms with Crippen molar-refractivity contribution in [2.45, 2.75) is 30.1 Å². The van der Waals surface area contributed by atoms with E-state index in [4.69, 9.17) is 4.74 Å². The van der Waals surface area contributed by atoms with E-state index in [-0.39, 0.29) is 23.7 Å². The van der Waals surface area contributed by atoms with Crippen molar-refractivity contribution in [3.63, 3.8) is 0 Å². The lowest BCUT2D eigenvalue weighted by Gasteiger charge is -2.35. The number of amides is 2. The Morgan fingerprint density at radius 1 is 1.11 bits per heavy atom. The van der Waals surface area contributed by atoms with Crippen molar-refractivity contribution >= 4 is 40.3 Å². The molecule has 2 atom stereocenters. The van der Waals surface area contributed by atoms with E-state index in [9.17, 15) is 9.59 Å². The van der Waals surface area contributed by atoms with Crippen LogP contribution in [-0.4, -0.2) is 76.9 Å². The van der Waals surface area contributed by atoms with Crippen LogP contribution in [0.3, 0.4) is 0 Å². The summed E-state index contributed by atoms with van der Waals surface area (Å²) in [5.74, 6) is 0.145. The summed E-state index contributed by atoms with van der Waals surface area (Å²) in [6.07, 6.45) is 1.45. The fourth-order valence-corrected chi connectivity index (χ4v) is 5.72. The van der Waals surface area contributed by atoms with Crippen LogP contribution in [0.1, 0.15) is 12.8 Å². The summed E-state index contributed by atoms with van der Waals surface area (Å²) in [6, 6.07) is 17.8. The maximum atomic E-state index is 13.0. The van der Waals surface area contributed by atoms with Crippen LogP contribution in [-0.2, 0) is 21.4 Å². The molecule has 184 valence electrons. The van der Waals surface area contributed by atoms with Gasteiger partial charge < -0.3 is 24.4 Å². The molecule has 1 N–H and O–H groups in total. The molecule has 0 aliphatic carbocycles. The van der Waals surface area contributed by atoms with Crippen LogP contribution in [0.4, 0.5) is 5.69 Å². The molecule has 2 fully saturated rings. The minimum Gasteiger partial charge on any atom is -0.373 e. The van der Waals surface area contributed by atoms with Crippen LogP contribution in [0.5, 0.6) is 0 Å². The largest absolute Gasteiger partial charge is 0.373 e. The van der Waals surface area contributed by atoms with E-state index in [0.717, 1.165) is 41.4 Å². The van der Waals surface area contributed by atoms with Gasteiger partial charge in [-0.25, -0.2) is 4.98 Å². The molecule has 2 saturated heterocycles. The second-order valence-corrected chi connectivity index (χ2v) is 9.94. The van der Waals surface area contributed by atoms with Gasteiger partial charge >= 0.3 is 0 Å². The Kier molecular flexibility index (Phi) is 7.24. The fraction of sp³-hybridized carbons (Fsp3) is 0.423. The van der Waals surface area contributed by atoms with E-state index in [1.165, 1.54) is 11.8 Å². The number of likely N-dealkylation sites (tertiary alicyclic amines) is 1. The number of carbonyl (C=O) groups is 2. The van der Waals surface area contributed by atoms with Gasteiger partial charge in [-0.05, 0) is 37.1 Å². The minimum absolute atomic E-state index is 0.0242. The van der Waals surface area contributed by atoms with Crippen molar-refractivity contribution in [3.8, 4) is 0 Å². The number of carbonyl (C=O) groups excluding carboxylic acids is 2. The maximum Gasteiger partial charge on any atom is 0.242 e. The molecule has 1 unspecified atom stereocenters. The van der Waals surface area contributed by atoms with Crippen LogP contribution in [0.2, 0.25) is 0 Å². The van der Waals surface area contributed by atoms with E-state index in [0.29, 0.717) is 26.1 Å². The van der Waals surface area contributed by atoms with Gasteiger partial charge in [0.25, 0.3) is 0 Å². The zero-order valence-electron chi connectivity index (χ0n) is 19.9. The molecule has 0 spiro atoms. The average molecular weight is 494 g/mol. The van der Waals surface area contributed by atoms with E-state index < -0.39 is 6.04 Å². The summed E-state index contributed by atoms with van der Waals surface area (Å²) in [5.41, 5.74) is 3.12. The highest BCUT2D eigenvalue weighted by molar-refractivity contribution is 7.99. The van der Waals surface area contributed by atoms with Gasteiger partial charge in [0.1, 0.15) is 6.04 Å². The topological polar surface area (TPSA) is 79.7 Å². The van der Waals surface area contributed by atoms with Crippen LogP contribution >= 0.6 is 11.8 Å². The second-order valence-electron chi connectivity index (χ2n) is 9.00. The molecule has 3 aromatic rings. The van der Waals surface area contributed by atoms with Gasteiger partial charge in [0.2, 0.25) is 11.8 Å². The van der Waals surface area contributed by atoms with Crippen molar-refractivity contribution in [3.05, 3.63) is 54.6 Å². The number of aryl methyl sites for hydroxylation is 1. The lowest BCUT2D eigenvalue weighted by atomic mass is 10.2. The first-order valence-electron chi connectivity index (χ1n) is 12.1. The predicted octanol–water partition coefficient (Wildman–Crippen LogP) is 2.68. The first-order valence-corrected chi connectivity index (χ1v) is 13.1. The highest BCUT2D eigenvalue weighted by Gasteiger charge is 2.34. The van der Waals surface area contributed by atoms with E-state index in [1.807, 2.05) is 54.1 Å². The Morgan fingerprint density at radius 3 is 2.74 bits per heavy atom. The first-order chi connectivity index (χ1) is 17.1. The molecule has 9 heteroatoms. The summed E-state index contributed by atoms with van der Waals surface area (Å²) >= 11 is 1.42. The lowest BCUT2D eigenvalue weighted by molar-refractivity contribution is -0.136. The van der Waals surface area contributed by atoms with E-state index in [2.05, 4.69) is 27.3 Å². The molecule has 2 aliphatic heterocycles. The SMILES string of the molecule is Cn1c(SCC(=O)N2CCC[C@H]2C(=O)NCC2CN(c3ccccc3)CCO2)nc2ccccc21. The smallest absolute Gasteiger partial charge is 0.242 e. The zero-order valence-corrected chi connectivity index (χ0v) is 20.7. The van der Waals surface area contributed by atoms with E-state index >= 15 is 0 Å². The molecule has 1 aromatic heterocycles. The van der Waals surface area contributed by atoms with Crippen molar-refractivity contribution in [2.75, 3.05) is 43.4 Å². The molecule has 5 rings (SSSR count). The monoisotopic (exact) mass is 493 g/mol. The number of fused-ring (bicyclic) bond motifs is 1. The molecule has 2 aromatic carbocycles. The second kappa shape index (κ2) is 10.7. The van der Waals surface area contributed by atoms with Gasteiger partial charge in [-0.3, -0.25) is 9.59 Å². The number of hydrogen-bond acceptors (Lipinski definition) is 6. The average Bonchev–Trinajstić information content (AvgIpc) is 3.52. The summed E-state index contributed by atoms with van der Waals surface area (Å²) in [5, 5.41) is 3.85. The number of hydrogen-bond donors (Lipinski definition) is 1. The number of rotatable bonds is 7. The van der Waals surface area contributed by atoms with Crippen molar-refractivity contribution in [1.29, 1.82) is 0 Å². The molecule has 0 saturated carbocycles. The van der Waals surface area contributed by atoms with Crippen molar-refractivity contribution < 1.29 is 14.3 Å². The Hall–Kier alpha value is -3.04. The molecule has 2 aliphatic rings. The van der Waals surface area contributed by atoms with Gasteiger partial charge in [-0.2, -0.15) is 0 Å². The molecule has 3 heterocycles. The standard InChI is InChI=1S/C26H31N5O3S/c1-29-22-11-6-5-10-21(22)28-26(29)35-18-24(32)31-13-7-12-23(31)25(33)27-16-20-17-30(14-15-34-20)19-8-3-2-4-9-19/h2-6,8-11,20,23H,7,12-18H2,1H3,(H,27,33)/t20?,23-/m0/s1. The quantitative estimate of drug-likeness (QED) is 0.510. The van der Waals surface area contributed by atoms with Crippen LogP contribution in [0.25, 0.3) is 11.0 Å². The third-order valence-electron chi connectivity index (χ3n) is 6.71.